The summed E-state index contributed by atoms with van der Waals surface area (Å²) in [6, 6.07) is 5.77. The smallest absolute Gasteiger partial charge is 0.220 e. The third-order valence-electron chi connectivity index (χ3n) is 3.42. The van der Waals surface area contributed by atoms with Crippen molar-refractivity contribution in [3.63, 3.8) is 0 Å². The number of methoxy groups -OCH3 is 1. The molecule has 1 unspecified atom stereocenters. The van der Waals surface area contributed by atoms with Crippen LogP contribution in [0.3, 0.4) is 0 Å². The summed E-state index contributed by atoms with van der Waals surface area (Å²) in [5.41, 5.74) is 1.01. The van der Waals surface area contributed by atoms with Gasteiger partial charge in [0.15, 0.2) is 0 Å². The van der Waals surface area contributed by atoms with Gasteiger partial charge in [-0.05, 0) is 37.0 Å². The average molecular weight is 277 g/mol. The van der Waals surface area contributed by atoms with Crippen LogP contribution in [0.5, 0.6) is 11.5 Å². The molecule has 1 aliphatic heterocycles. The molecule has 0 spiro atoms. The molecule has 0 fully saturated rings. The van der Waals surface area contributed by atoms with Crippen molar-refractivity contribution in [2.24, 2.45) is 5.92 Å². The lowest BCUT2D eigenvalue weighted by Gasteiger charge is -2.19. The molecule has 4 heteroatoms. The summed E-state index contributed by atoms with van der Waals surface area (Å²) in [4.78, 5) is 12.0. The summed E-state index contributed by atoms with van der Waals surface area (Å²) in [6.45, 7) is 4.79. The third-order valence-corrected chi connectivity index (χ3v) is 3.42. The van der Waals surface area contributed by atoms with Gasteiger partial charge in [-0.1, -0.05) is 13.8 Å². The number of hydrogen-bond donors (Lipinski definition) is 1. The summed E-state index contributed by atoms with van der Waals surface area (Å²) in [6.07, 6.45) is 2.38. The first-order valence-electron chi connectivity index (χ1n) is 7.20. The molecule has 0 aliphatic carbocycles. The Balaban J connectivity index is 2.19. The standard InChI is InChI=1S/C16H23NO3/c1-11(2)9-16(18)17-14-5-4-8-20-15-7-6-12(19-3)10-13(14)15/h6-7,10-11,14H,4-5,8-9H2,1-3H3,(H,17,18). The number of fused-ring (bicyclic) bond motifs is 1. The SMILES string of the molecule is COc1ccc2c(c1)C(NC(=O)CC(C)C)CCCO2. The lowest BCUT2D eigenvalue weighted by Crippen LogP contribution is -2.29. The van der Waals surface area contributed by atoms with Crippen molar-refractivity contribution < 1.29 is 14.3 Å². The van der Waals surface area contributed by atoms with E-state index in [4.69, 9.17) is 9.47 Å². The molecule has 20 heavy (non-hydrogen) atoms. The third kappa shape index (κ3) is 3.65. The van der Waals surface area contributed by atoms with Crippen LogP contribution in [0, 0.1) is 5.92 Å². The normalized spacial score (nSPS) is 17.9. The largest absolute Gasteiger partial charge is 0.497 e. The average Bonchev–Trinajstić information content (AvgIpc) is 2.60. The number of nitrogens with one attached hydrogen (secondary N) is 1. The molecule has 0 aromatic heterocycles. The molecular formula is C16H23NO3. The van der Waals surface area contributed by atoms with Crippen LogP contribution >= 0.6 is 0 Å². The quantitative estimate of drug-likeness (QED) is 0.920. The summed E-state index contributed by atoms with van der Waals surface area (Å²) < 4.78 is 11.0. The van der Waals surface area contributed by atoms with Crippen LogP contribution in [-0.4, -0.2) is 19.6 Å². The molecule has 0 radical (unpaired) electrons. The van der Waals surface area contributed by atoms with Crippen molar-refractivity contribution in [1.82, 2.24) is 5.32 Å². The fourth-order valence-electron chi connectivity index (χ4n) is 2.46. The van der Waals surface area contributed by atoms with E-state index in [0.29, 0.717) is 18.9 Å². The Morgan fingerprint density at radius 2 is 2.30 bits per heavy atom. The predicted molar refractivity (Wildman–Crippen MR) is 78.1 cm³/mol. The van der Waals surface area contributed by atoms with Crippen molar-refractivity contribution in [2.75, 3.05) is 13.7 Å². The first-order chi connectivity index (χ1) is 9.60. The van der Waals surface area contributed by atoms with Crippen LogP contribution in [0.2, 0.25) is 0 Å². The number of carbonyl (C=O) groups excluding carboxylic acids is 1. The molecule has 1 heterocycles. The molecule has 1 aliphatic rings. The molecule has 1 atom stereocenters. The lowest BCUT2D eigenvalue weighted by molar-refractivity contribution is -0.122. The van der Waals surface area contributed by atoms with E-state index in [9.17, 15) is 4.79 Å². The monoisotopic (exact) mass is 277 g/mol. The fraction of sp³-hybridized carbons (Fsp3) is 0.562. The van der Waals surface area contributed by atoms with Gasteiger partial charge in [0.25, 0.3) is 0 Å². The van der Waals surface area contributed by atoms with E-state index in [2.05, 4.69) is 5.32 Å². The molecule has 0 saturated heterocycles. The van der Waals surface area contributed by atoms with Crippen LogP contribution in [0.1, 0.15) is 44.7 Å². The minimum Gasteiger partial charge on any atom is -0.497 e. The fourth-order valence-corrected chi connectivity index (χ4v) is 2.46. The van der Waals surface area contributed by atoms with Crippen LogP contribution in [0.15, 0.2) is 18.2 Å². The molecule has 1 aromatic rings. The number of carbonyl (C=O) groups is 1. The van der Waals surface area contributed by atoms with Gasteiger partial charge in [-0.3, -0.25) is 4.79 Å². The van der Waals surface area contributed by atoms with Gasteiger partial charge in [-0.2, -0.15) is 0 Å². The Kier molecular flexibility index (Phi) is 4.88. The highest BCUT2D eigenvalue weighted by Gasteiger charge is 2.22. The summed E-state index contributed by atoms with van der Waals surface area (Å²) in [5.74, 6) is 2.10. The number of hydrogen-bond acceptors (Lipinski definition) is 3. The lowest BCUT2D eigenvalue weighted by atomic mass is 10.0. The van der Waals surface area contributed by atoms with Gasteiger partial charge in [-0.25, -0.2) is 0 Å². The zero-order valence-corrected chi connectivity index (χ0v) is 12.4. The van der Waals surface area contributed by atoms with E-state index >= 15 is 0 Å². The zero-order chi connectivity index (χ0) is 14.5. The second-order valence-corrected chi connectivity index (χ2v) is 5.61. The van der Waals surface area contributed by atoms with Crippen LogP contribution < -0.4 is 14.8 Å². The minimum atomic E-state index is 0.00819. The molecular weight excluding hydrogens is 254 g/mol. The number of benzene rings is 1. The Morgan fingerprint density at radius 3 is 3.00 bits per heavy atom. The van der Waals surface area contributed by atoms with E-state index in [0.717, 1.165) is 29.9 Å². The minimum absolute atomic E-state index is 0.00819. The van der Waals surface area contributed by atoms with E-state index < -0.39 is 0 Å². The molecule has 2 rings (SSSR count). The highest BCUT2D eigenvalue weighted by Crippen LogP contribution is 2.34. The van der Waals surface area contributed by atoms with Gasteiger partial charge in [0.2, 0.25) is 5.91 Å². The second-order valence-electron chi connectivity index (χ2n) is 5.61. The van der Waals surface area contributed by atoms with E-state index in [1.54, 1.807) is 7.11 Å². The van der Waals surface area contributed by atoms with Gasteiger partial charge < -0.3 is 14.8 Å². The molecule has 110 valence electrons. The molecule has 4 nitrogen and oxygen atoms in total. The van der Waals surface area contributed by atoms with Crippen molar-refractivity contribution in [2.45, 2.75) is 39.2 Å². The second kappa shape index (κ2) is 6.64. The summed E-state index contributed by atoms with van der Waals surface area (Å²) >= 11 is 0. The maximum Gasteiger partial charge on any atom is 0.220 e. The molecule has 1 amide bonds. The van der Waals surface area contributed by atoms with Crippen molar-refractivity contribution >= 4 is 5.91 Å². The highest BCUT2D eigenvalue weighted by molar-refractivity contribution is 5.76. The first kappa shape index (κ1) is 14.7. The summed E-state index contributed by atoms with van der Waals surface area (Å²) in [5, 5.41) is 3.12. The van der Waals surface area contributed by atoms with E-state index in [-0.39, 0.29) is 11.9 Å². The van der Waals surface area contributed by atoms with Gasteiger partial charge in [0.1, 0.15) is 11.5 Å². The van der Waals surface area contributed by atoms with E-state index in [1.807, 2.05) is 32.0 Å². The van der Waals surface area contributed by atoms with Gasteiger partial charge in [0, 0.05) is 12.0 Å². The molecule has 0 saturated carbocycles. The van der Waals surface area contributed by atoms with Crippen molar-refractivity contribution in [3.05, 3.63) is 23.8 Å². The summed E-state index contributed by atoms with van der Waals surface area (Å²) in [7, 11) is 1.64. The van der Waals surface area contributed by atoms with Gasteiger partial charge >= 0.3 is 0 Å². The van der Waals surface area contributed by atoms with Gasteiger partial charge in [-0.15, -0.1) is 0 Å². The molecule has 1 N–H and O–H groups in total. The zero-order valence-electron chi connectivity index (χ0n) is 12.4. The van der Waals surface area contributed by atoms with Crippen LogP contribution in [0.25, 0.3) is 0 Å². The Hall–Kier alpha value is -1.71. The van der Waals surface area contributed by atoms with Gasteiger partial charge in [0.05, 0.1) is 19.8 Å². The van der Waals surface area contributed by atoms with Crippen LogP contribution in [0.4, 0.5) is 0 Å². The van der Waals surface area contributed by atoms with Crippen LogP contribution in [-0.2, 0) is 4.79 Å². The van der Waals surface area contributed by atoms with Crippen molar-refractivity contribution in [1.29, 1.82) is 0 Å². The topological polar surface area (TPSA) is 47.6 Å². The maximum atomic E-state index is 12.0. The molecule has 0 bridgehead atoms. The number of ether oxygens (including phenoxy) is 2. The number of rotatable bonds is 4. The van der Waals surface area contributed by atoms with Crippen molar-refractivity contribution in [3.8, 4) is 11.5 Å². The Labute approximate surface area is 120 Å². The Bertz CT molecular complexity index is 471. The predicted octanol–water partition coefficient (Wildman–Crippen LogP) is 3.07. The highest BCUT2D eigenvalue weighted by atomic mass is 16.5. The van der Waals surface area contributed by atoms with E-state index in [1.165, 1.54) is 0 Å². The Morgan fingerprint density at radius 1 is 1.50 bits per heavy atom. The maximum absolute atomic E-state index is 12.0. The first-order valence-corrected chi connectivity index (χ1v) is 7.20. The molecule has 1 aromatic carbocycles. The number of amides is 1.